The third-order valence-electron chi connectivity index (χ3n) is 3.77. The highest BCUT2D eigenvalue weighted by Gasteiger charge is 2.32. The molecule has 0 saturated carbocycles. The average molecular weight is 332 g/mol. The number of hydrogen-bond acceptors (Lipinski definition) is 3. The normalized spacial score (nSPS) is 20.8. The van der Waals surface area contributed by atoms with E-state index < -0.39 is 10.2 Å². The number of piperidine rings is 1. The summed E-state index contributed by atoms with van der Waals surface area (Å²) in [6.45, 7) is 3.69. The van der Waals surface area contributed by atoms with Gasteiger partial charge in [0.1, 0.15) is 0 Å². The Morgan fingerprint density at radius 2 is 2.29 bits per heavy atom. The van der Waals surface area contributed by atoms with Crippen molar-refractivity contribution < 1.29 is 8.42 Å². The van der Waals surface area contributed by atoms with Crippen molar-refractivity contribution in [2.45, 2.75) is 26.3 Å². The molecule has 1 saturated heterocycles. The van der Waals surface area contributed by atoms with E-state index in [1.807, 2.05) is 25.1 Å². The summed E-state index contributed by atoms with van der Waals surface area (Å²) in [6, 6.07) is 5.53. The lowest BCUT2D eigenvalue weighted by molar-refractivity contribution is 0.259. The second-order valence-corrected chi connectivity index (χ2v) is 7.51. The smallest absolute Gasteiger partial charge is 0.260 e. The van der Waals surface area contributed by atoms with E-state index in [1.165, 1.54) is 4.31 Å². The van der Waals surface area contributed by atoms with Crippen LogP contribution in [0.5, 0.6) is 0 Å². The van der Waals surface area contributed by atoms with Crippen molar-refractivity contribution in [2.75, 3.05) is 25.5 Å². The molecule has 1 aromatic heterocycles. The monoisotopic (exact) mass is 331 g/mol. The van der Waals surface area contributed by atoms with Gasteiger partial charge >= 0.3 is 0 Å². The Hall–Kier alpha value is -0.690. The molecule has 0 aliphatic carbocycles. The Balaban J connectivity index is 2.12. The first-order valence-electron chi connectivity index (χ1n) is 7.29. The highest BCUT2D eigenvalue weighted by Crippen LogP contribution is 2.22. The van der Waals surface area contributed by atoms with Crippen molar-refractivity contribution in [3.8, 4) is 0 Å². The van der Waals surface area contributed by atoms with Crippen LogP contribution >= 0.6 is 11.6 Å². The second kappa shape index (κ2) is 7.54. The molecule has 0 amide bonds. The maximum atomic E-state index is 12.8. The SMILES string of the molecule is CCN(Cc1ccccn1)S(=O)(=O)N1CCCC(CCl)C1. The van der Waals surface area contributed by atoms with E-state index in [-0.39, 0.29) is 5.92 Å². The highest BCUT2D eigenvalue weighted by molar-refractivity contribution is 7.86. The number of halogens is 1. The van der Waals surface area contributed by atoms with E-state index >= 15 is 0 Å². The molecule has 0 spiro atoms. The van der Waals surface area contributed by atoms with E-state index in [0.717, 1.165) is 18.5 Å². The van der Waals surface area contributed by atoms with Crippen LogP contribution in [-0.2, 0) is 16.8 Å². The number of pyridine rings is 1. The van der Waals surface area contributed by atoms with Crippen molar-refractivity contribution in [2.24, 2.45) is 5.92 Å². The fourth-order valence-electron chi connectivity index (χ4n) is 2.55. The van der Waals surface area contributed by atoms with Crippen molar-refractivity contribution in [3.05, 3.63) is 30.1 Å². The predicted molar refractivity (Wildman–Crippen MR) is 84.3 cm³/mol. The van der Waals surface area contributed by atoms with Crippen LogP contribution in [0.2, 0.25) is 0 Å². The summed E-state index contributed by atoms with van der Waals surface area (Å²) in [5.74, 6) is 0.766. The Kier molecular flexibility index (Phi) is 5.98. The van der Waals surface area contributed by atoms with E-state index in [4.69, 9.17) is 11.6 Å². The zero-order valence-electron chi connectivity index (χ0n) is 12.3. The van der Waals surface area contributed by atoms with Crippen LogP contribution in [0, 0.1) is 5.92 Å². The second-order valence-electron chi connectivity index (χ2n) is 5.28. The Morgan fingerprint density at radius 1 is 1.48 bits per heavy atom. The first-order chi connectivity index (χ1) is 10.1. The Bertz CT molecular complexity index is 538. The number of nitrogens with zero attached hydrogens (tertiary/aromatic N) is 3. The fraction of sp³-hybridized carbons (Fsp3) is 0.643. The third kappa shape index (κ3) is 4.16. The lowest BCUT2D eigenvalue weighted by Crippen LogP contribution is -2.48. The third-order valence-corrected chi connectivity index (χ3v) is 6.23. The molecular formula is C14H22ClN3O2S. The number of rotatable bonds is 6. The molecule has 0 radical (unpaired) electrons. The topological polar surface area (TPSA) is 53.5 Å². The largest absolute Gasteiger partial charge is 0.282 e. The minimum absolute atomic E-state index is 0.253. The Morgan fingerprint density at radius 3 is 2.90 bits per heavy atom. The summed E-state index contributed by atoms with van der Waals surface area (Å²) in [7, 11) is -3.45. The molecule has 1 aliphatic rings. The molecule has 0 bridgehead atoms. The number of hydrogen-bond donors (Lipinski definition) is 0. The van der Waals surface area contributed by atoms with Gasteiger partial charge in [-0.3, -0.25) is 4.98 Å². The Labute approximate surface area is 132 Å². The van der Waals surface area contributed by atoms with Gasteiger partial charge in [-0.2, -0.15) is 17.0 Å². The summed E-state index contributed by atoms with van der Waals surface area (Å²) in [4.78, 5) is 4.21. The first-order valence-corrected chi connectivity index (χ1v) is 9.22. The van der Waals surface area contributed by atoms with Gasteiger partial charge < -0.3 is 0 Å². The molecule has 2 heterocycles. The standard InChI is InChI=1S/C14H22ClN3O2S/c1-2-17(12-14-7-3-4-8-16-14)21(19,20)18-9-5-6-13(10-15)11-18/h3-4,7-8,13H,2,5-6,9-12H2,1H3. The van der Waals surface area contributed by atoms with Crippen LogP contribution in [0.25, 0.3) is 0 Å². The van der Waals surface area contributed by atoms with Gasteiger partial charge in [0.15, 0.2) is 0 Å². The van der Waals surface area contributed by atoms with Gasteiger partial charge in [-0.1, -0.05) is 13.0 Å². The summed E-state index contributed by atoms with van der Waals surface area (Å²) in [5.41, 5.74) is 0.758. The molecule has 1 aliphatic heterocycles. The van der Waals surface area contributed by atoms with Gasteiger partial charge in [0.25, 0.3) is 10.2 Å². The van der Waals surface area contributed by atoms with Gasteiger partial charge in [-0.15, -0.1) is 11.6 Å². The summed E-state index contributed by atoms with van der Waals surface area (Å²) < 4.78 is 28.6. The zero-order valence-corrected chi connectivity index (χ0v) is 13.9. The van der Waals surface area contributed by atoms with Crippen LogP contribution in [0.1, 0.15) is 25.5 Å². The summed E-state index contributed by atoms with van der Waals surface area (Å²) in [6.07, 6.45) is 3.56. The molecule has 7 heteroatoms. The van der Waals surface area contributed by atoms with E-state index in [0.29, 0.717) is 32.1 Å². The van der Waals surface area contributed by atoms with Crippen molar-refractivity contribution in [1.29, 1.82) is 0 Å². The van der Waals surface area contributed by atoms with Crippen molar-refractivity contribution in [3.63, 3.8) is 0 Å². The molecule has 21 heavy (non-hydrogen) atoms. The molecule has 0 aromatic carbocycles. The van der Waals surface area contributed by atoms with Gasteiger partial charge in [-0.05, 0) is 30.9 Å². The maximum Gasteiger partial charge on any atom is 0.282 e. The summed E-state index contributed by atoms with van der Waals surface area (Å²) in [5, 5.41) is 0. The number of alkyl halides is 1. The quantitative estimate of drug-likeness (QED) is 0.750. The predicted octanol–water partition coefficient (Wildman–Crippen LogP) is 2.10. The highest BCUT2D eigenvalue weighted by atomic mass is 35.5. The van der Waals surface area contributed by atoms with E-state index in [2.05, 4.69) is 4.98 Å². The van der Waals surface area contributed by atoms with Gasteiger partial charge in [0.05, 0.1) is 12.2 Å². The first kappa shape index (κ1) is 16.7. The van der Waals surface area contributed by atoms with Gasteiger partial charge in [0, 0.05) is 31.7 Å². The van der Waals surface area contributed by atoms with Gasteiger partial charge in [0.2, 0.25) is 0 Å². The van der Waals surface area contributed by atoms with Crippen LogP contribution in [-0.4, -0.2) is 47.5 Å². The molecule has 0 N–H and O–H groups in total. The number of aromatic nitrogens is 1. The average Bonchev–Trinajstić information content (AvgIpc) is 2.53. The van der Waals surface area contributed by atoms with Crippen molar-refractivity contribution >= 4 is 21.8 Å². The zero-order chi connectivity index (χ0) is 15.3. The lowest BCUT2D eigenvalue weighted by Gasteiger charge is -2.34. The molecule has 1 fully saturated rings. The lowest BCUT2D eigenvalue weighted by atomic mass is 10.0. The van der Waals surface area contributed by atoms with E-state index in [9.17, 15) is 8.42 Å². The van der Waals surface area contributed by atoms with E-state index in [1.54, 1.807) is 10.5 Å². The maximum absolute atomic E-state index is 12.8. The molecule has 118 valence electrons. The molecular weight excluding hydrogens is 310 g/mol. The van der Waals surface area contributed by atoms with Crippen LogP contribution in [0.15, 0.2) is 24.4 Å². The van der Waals surface area contributed by atoms with Crippen LogP contribution in [0.3, 0.4) is 0 Å². The molecule has 1 atom stereocenters. The molecule has 1 aromatic rings. The van der Waals surface area contributed by atoms with Gasteiger partial charge in [-0.25, -0.2) is 0 Å². The summed E-state index contributed by atoms with van der Waals surface area (Å²) >= 11 is 5.89. The van der Waals surface area contributed by atoms with Crippen LogP contribution < -0.4 is 0 Å². The minimum atomic E-state index is -3.45. The minimum Gasteiger partial charge on any atom is -0.260 e. The molecule has 1 unspecified atom stereocenters. The fourth-order valence-corrected chi connectivity index (χ4v) is 4.51. The molecule has 2 rings (SSSR count). The van der Waals surface area contributed by atoms with Crippen molar-refractivity contribution in [1.82, 2.24) is 13.6 Å². The van der Waals surface area contributed by atoms with Crippen LogP contribution in [0.4, 0.5) is 0 Å². The molecule has 5 nitrogen and oxygen atoms in total.